The molecule has 0 bridgehead atoms. The van der Waals surface area contributed by atoms with Crippen molar-refractivity contribution in [3.8, 4) is 0 Å². The van der Waals surface area contributed by atoms with Gasteiger partial charge in [-0.3, -0.25) is 0 Å². The summed E-state index contributed by atoms with van der Waals surface area (Å²) in [5.74, 6) is 0.711. The van der Waals surface area contributed by atoms with Gasteiger partial charge in [-0.2, -0.15) is 0 Å². The fraction of sp³-hybridized carbons (Fsp3) is 0.438. The number of nitrogens with zero attached hydrogens (tertiary/aromatic N) is 1. The molecule has 1 aromatic heterocycles. The summed E-state index contributed by atoms with van der Waals surface area (Å²) in [7, 11) is -3.69. The molecule has 1 aromatic carbocycles. The smallest absolute Gasteiger partial charge is 0.246 e. The van der Waals surface area contributed by atoms with E-state index in [9.17, 15) is 8.42 Å². The molecular weight excluding hydrogens is 314 g/mol. The van der Waals surface area contributed by atoms with E-state index in [0.717, 1.165) is 5.56 Å². The zero-order valence-electron chi connectivity index (χ0n) is 13.8. The van der Waals surface area contributed by atoms with Crippen LogP contribution in [0.3, 0.4) is 0 Å². The Bertz CT molecular complexity index is 745. The summed E-state index contributed by atoms with van der Waals surface area (Å²) in [6.45, 7) is 7.50. The summed E-state index contributed by atoms with van der Waals surface area (Å²) in [6, 6.07) is 7.48. The first-order valence-corrected chi connectivity index (χ1v) is 8.98. The van der Waals surface area contributed by atoms with Crippen molar-refractivity contribution in [3.05, 3.63) is 46.8 Å². The Hall–Kier alpha value is -1.70. The minimum atomic E-state index is -3.69. The van der Waals surface area contributed by atoms with E-state index < -0.39 is 16.1 Å². The lowest BCUT2D eigenvalue weighted by Crippen LogP contribution is -2.32. The Morgan fingerprint density at radius 3 is 2.22 bits per heavy atom. The molecule has 1 atom stereocenters. The number of rotatable bonds is 6. The van der Waals surface area contributed by atoms with Gasteiger partial charge in [-0.25, -0.2) is 13.1 Å². The van der Waals surface area contributed by atoms with E-state index in [-0.39, 0.29) is 17.2 Å². The Balaban J connectivity index is 2.08. The van der Waals surface area contributed by atoms with Crippen molar-refractivity contribution < 1.29 is 12.9 Å². The first-order valence-electron chi connectivity index (χ1n) is 7.50. The Morgan fingerprint density at radius 1 is 1.17 bits per heavy atom. The number of nitrogens with one attached hydrogen (secondary N) is 1. The zero-order chi connectivity index (χ0) is 17.2. The maximum atomic E-state index is 12.3. The number of aryl methyl sites for hydroxylation is 2. The molecule has 2 aromatic rings. The molecular formula is C16H23N3O3S. The van der Waals surface area contributed by atoms with E-state index in [2.05, 4.69) is 23.7 Å². The number of hydrogen-bond acceptors (Lipinski definition) is 5. The van der Waals surface area contributed by atoms with Gasteiger partial charge in [0, 0.05) is 12.6 Å². The van der Waals surface area contributed by atoms with Crippen molar-refractivity contribution in [1.82, 2.24) is 9.88 Å². The third kappa shape index (κ3) is 3.99. The minimum absolute atomic E-state index is 0.0832. The van der Waals surface area contributed by atoms with Crippen LogP contribution in [0.2, 0.25) is 0 Å². The predicted octanol–water partition coefficient (Wildman–Crippen LogP) is 2.39. The molecule has 23 heavy (non-hydrogen) atoms. The molecule has 2 rings (SSSR count). The largest absolute Gasteiger partial charge is 0.360 e. The Kier molecular flexibility index (Phi) is 5.23. The van der Waals surface area contributed by atoms with Crippen molar-refractivity contribution in [2.24, 2.45) is 5.73 Å². The Labute approximate surface area is 137 Å². The molecule has 0 spiro atoms. The molecule has 0 amide bonds. The molecule has 0 aliphatic carbocycles. The van der Waals surface area contributed by atoms with Crippen LogP contribution in [-0.4, -0.2) is 20.1 Å². The van der Waals surface area contributed by atoms with Crippen LogP contribution in [0, 0.1) is 13.8 Å². The van der Waals surface area contributed by atoms with Gasteiger partial charge in [-0.15, -0.1) is 0 Å². The molecule has 0 radical (unpaired) electrons. The summed E-state index contributed by atoms with van der Waals surface area (Å²) >= 11 is 0. The van der Waals surface area contributed by atoms with Crippen molar-refractivity contribution >= 4 is 10.0 Å². The second kappa shape index (κ2) is 6.82. The van der Waals surface area contributed by atoms with Gasteiger partial charge in [0.05, 0.1) is 0 Å². The second-order valence-corrected chi connectivity index (χ2v) is 7.64. The van der Waals surface area contributed by atoms with Gasteiger partial charge in [0.15, 0.2) is 5.76 Å². The third-order valence-electron chi connectivity index (χ3n) is 3.76. The first kappa shape index (κ1) is 17.7. The van der Waals surface area contributed by atoms with Crippen molar-refractivity contribution in [1.29, 1.82) is 0 Å². The summed E-state index contributed by atoms with van der Waals surface area (Å²) in [5.41, 5.74) is 8.53. The maximum Gasteiger partial charge on any atom is 0.246 e. The quantitative estimate of drug-likeness (QED) is 0.843. The van der Waals surface area contributed by atoms with Crippen LogP contribution in [0.5, 0.6) is 0 Å². The molecule has 1 unspecified atom stereocenters. The molecule has 0 aliphatic rings. The van der Waals surface area contributed by atoms with Gasteiger partial charge in [-0.1, -0.05) is 43.3 Å². The van der Waals surface area contributed by atoms with Crippen molar-refractivity contribution in [2.75, 3.05) is 6.54 Å². The highest BCUT2D eigenvalue weighted by molar-refractivity contribution is 7.89. The fourth-order valence-corrected chi connectivity index (χ4v) is 3.76. The summed E-state index contributed by atoms with van der Waals surface area (Å²) in [5, 5.41) is 3.67. The van der Waals surface area contributed by atoms with Crippen LogP contribution in [0.4, 0.5) is 0 Å². The van der Waals surface area contributed by atoms with Crippen LogP contribution in [0.25, 0.3) is 0 Å². The molecule has 3 N–H and O–H groups in total. The van der Waals surface area contributed by atoms with Crippen LogP contribution in [-0.2, 0) is 10.0 Å². The molecule has 7 heteroatoms. The van der Waals surface area contributed by atoms with Crippen LogP contribution < -0.4 is 10.5 Å². The number of hydrogen-bond donors (Lipinski definition) is 2. The standard InChI is InChI=1S/C16H23N3O3S/c1-10(2)13-5-7-14(8-6-13)15(17)9-18-23(20,21)16-11(3)19-22-12(16)4/h5-8,10,15,18H,9,17H2,1-4H3. The lowest BCUT2D eigenvalue weighted by Gasteiger charge is -2.14. The normalized spacial score (nSPS) is 13.5. The average molecular weight is 337 g/mol. The molecule has 0 fully saturated rings. The topological polar surface area (TPSA) is 98.2 Å². The SMILES string of the molecule is Cc1noc(C)c1S(=O)(=O)NCC(N)c1ccc(C(C)C)cc1. The average Bonchev–Trinajstić information content (AvgIpc) is 2.84. The van der Waals surface area contributed by atoms with Crippen LogP contribution >= 0.6 is 0 Å². The first-order chi connectivity index (χ1) is 10.7. The van der Waals surface area contributed by atoms with Gasteiger partial charge in [-0.05, 0) is 30.9 Å². The lowest BCUT2D eigenvalue weighted by atomic mass is 9.99. The van der Waals surface area contributed by atoms with E-state index in [0.29, 0.717) is 11.6 Å². The highest BCUT2D eigenvalue weighted by Gasteiger charge is 2.24. The predicted molar refractivity (Wildman–Crippen MR) is 88.6 cm³/mol. The van der Waals surface area contributed by atoms with E-state index in [4.69, 9.17) is 10.3 Å². The summed E-state index contributed by atoms with van der Waals surface area (Å²) in [4.78, 5) is 0.0832. The Morgan fingerprint density at radius 2 is 1.74 bits per heavy atom. The van der Waals surface area contributed by atoms with Gasteiger partial charge in [0.2, 0.25) is 10.0 Å². The highest BCUT2D eigenvalue weighted by Crippen LogP contribution is 2.20. The third-order valence-corrected chi connectivity index (χ3v) is 5.43. The van der Waals surface area contributed by atoms with E-state index in [1.54, 1.807) is 13.8 Å². The number of nitrogens with two attached hydrogens (primary N) is 1. The van der Waals surface area contributed by atoms with Gasteiger partial charge in [0.25, 0.3) is 0 Å². The molecule has 0 saturated carbocycles. The van der Waals surface area contributed by atoms with Crippen LogP contribution in [0.1, 0.15) is 48.4 Å². The second-order valence-electron chi connectivity index (χ2n) is 5.93. The van der Waals surface area contributed by atoms with E-state index in [1.807, 2.05) is 24.3 Å². The van der Waals surface area contributed by atoms with Gasteiger partial charge < -0.3 is 10.3 Å². The van der Waals surface area contributed by atoms with Crippen LogP contribution in [0.15, 0.2) is 33.7 Å². The molecule has 6 nitrogen and oxygen atoms in total. The number of aromatic nitrogens is 1. The van der Waals surface area contributed by atoms with Crippen molar-refractivity contribution in [3.63, 3.8) is 0 Å². The highest BCUT2D eigenvalue weighted by atomic mass is 32.2. The monoisotopic (exact) mass is 337 g/mol. The summed E-state index contributed by atoms with van der Waals surface area (Å²) in [6.07, 6.45) is 0. The van der Waals surface area contributed by atoms with Gasteiger partial charge >= 0.3 is 0 Å². The van der Waals surface area contributed by atoms with Gasteiger partial charge in [0.1, 0.15) is 10.6 Å². The van der Waals surface area contributed by atoms with E-state index in [1.165, 1.54) is 5.56 Å². The number of benzene rings is 1. The molecule has 1 heterocycles. The maximum absolute atomic E-state index is 12.3. The molecule has 0 saturated heterocycles. The molecule has 0 aliphatic heterocycles. The summed E-state index contributed by atoms with van der Waals surface area (Å²) < 4.78 is 32.1. The molecule has 126 valence electrons. The lowest BCUT2D eigenvalue weighted by molar-refractivity contribution is 0.390. The van der Waals surface area contributed by atoms with Crippen molar-refractivity contribution in [2.45, 2.75) is 44.6 Å². The van der Waals surface area contributed by atoms with E-state index >= 15 is 0 Å². The minimum Gasteiger partial charge on any atom is -0.360 e. The number of sulfonamides is 1. The zero-order valence-corrected chi connectivity index (χ0v) is 14.6. The fourth-order valence-electron chi connectivity index (χ4n) is 2.38.